The molecule has 0 atom stereocenters. The second kappa shape index (κ2) is 4.51. The molecule has 0 bridgehead atoms. The van der Waals surface area contributed by atoms with Gasteiger partial charge in [-0.3, -0.25) is 0 Å². The van der Waals surface area contributed by atoms with Crippen LogP contribution in [0.2, 0.25) is 0 Å². The van der Waals surface area contributed by atoms with Gasteiger partial charge >= 0.3 is 0 Å². The second-order valence-corrected chi connectivity index (χ2v) is 5.35. The summed E-state index contributed by atoms with van der Waals surface area (Å²) in [5.74, 6) is 0.885. The van der Waals surface area contributed by atoms with Crippen molar-refractivity contribution in [3.05, 3.63) is 35.3 Å². The molecule has 0 aliphatic heterocycles. The molecule has 0 aliphatic rings. The van der Waals surface area contributed by atoms with Crippen LogP contribution in [0, 0.1) is 6.92 Å². The Morgan fingerprint density at radius 2 is 2.22 bits per heavy atom. The van der Waals surface area contributed by atoms with Gasteiger partial charge in [0.05, 0.1) is 11.5 Å². The van der Waals surface area contributed by atoms with Crippen molar-refractivity contribution in [3.8, 4) is 10.7 Å². The minimum Gasteiger partial charge on any atom is -0.395 e. The van der Waals surface area contributed by atoms with Gasteiger partial charge in [-0.15, -0.1) is 11.3 Å². The van der Waals surface area contributed by atoms with Gasteiger partial charge in [0, 0.05) is 17.6 Å². The Labute approximate surface area is 109 Å². The maximum Gasteiger partial charge on any atom is 0.160 e. The highest BCUT2D eigenvalue weighted by Gasteiger charge is 2.14. The van der Waals surface area contributed by atoms with E-state index in [4.69, 9.17) is 0 Å². The Balaban J connectivity index is 2.24. The molecule has 0 aliphatic carbocycles. The number of aryl methyl sites for hydroxylation is 1. The summed E-state index contributed by atoms with van der Waals surface area (Å²) in [5.41, 5.74) is 1.69. The Hall–Kier alpha value is -1.72. The third kappa shape index (κ3) is 1.81. The van der Waals surface area contributed by atoms with Gasteiger partial charge in [-0.25, -0.2) is 9.97 Å². The fraction of sp³-hybridized carbons (Fsp3) is 0.231. The van der Waals surface area contributed by atoms with E-state index in [9.17, 15) is 5.11 Å². The minimum atomic E-state index is 0.0827. The highest BCUT2D eigenvalue weighted by atomic mass is 32.1. The van der Waals surface area contributed by atoms with Crippen LogP contribution in [0.25, 0.3) is 21.9 Å². The number of aromatic nitrogens is 3. The Morgan fingerprint density at radius 1 is 1.33 bits per heavy atom. The van der Waals surface area contributed by atoms with Crippen molar-refractivity contribution in [1.29, 1.82) is 0 Å². The zero-order valence-corrected chi connectivity index (χ0v) is 10.8. The molecule has 3 rings (SSSR count). The zero-order chi connectivity index (χ0) is 12.5. The molecule has 18 heavy (non-hydrogen) atoms. The van der Waals surface area contributed by atoms with Gasteiger partial charge in [0.1, 0.15) is 5.52 Å². The van der Waals surface area contributed by atoms with Crippen molar-refractivity contribution in [2.75, 3.05) is 6.61 Å². The van der Waals surface area contributed by atoms with Crippen LogP contribution in [0.4, 0.5) is 0 Å². The molecule has 0 aromatic carbocycles. The topological polar surface area (TPSA) is 50.9 Å². The average Bonchev–Trinajstić information content (AvgIpc) is 2.95. The van der Waals surface area contributed by atoms with Crippen LogP contribution >= 0.6 is 11.3 Å². The van der Waals surface area contributed by atoms with Crippen LogP contribution < -0.4 is 0 Å². The molecule has 0 saturated heterocycles. The van der Waals surface area contributed by atoms with Gasteiger partial charge in [-0.1, -0.05) is 0 Å². The number of aliphatic hydroxyl groups is 1. The predicted molar refractivity (Wildman–Crippen MR) is 72.7 cm³/mol. The van der Waals surface area contributed by atoms with E-state index in [1.807, 2.05) is 16.7 Å². The first-order valence-electron chi connectivity index (χ1n) is 5.78. The number of fused-ring (bicyclic) bond motifs is 1. The van der Waals surface area contributed by atoms with Crippen molar-refractivity contribution in [2.45, 2.75) is 13.5 Å². The molecule has 92 valence electrons. The van der Waals surface area contributed by atoms with Gasteiger partial charge in [0.2, 0.25) is 0 Å². The quantitative estimate of drug-likeness (QED) is 0.786. The van der Waals surface area contributed by atoms with Crippen molar-refractivity contribution in [3.63, 3.8) is 0 Å². The number of aliphatic hydroxyl groups excluding tert-OH is 1. The summed E-state index contributed by atoms with van der Waals surface area (Å²) in [4.78, 5) is 11.3. The van der Waals surface area contributed by atoms with E-state index in [0.717, 1.165) is 21.9 Å². The van der Waals surface area contributed by atoms with Crippen molar-refractivity contribution >= 4 is 22.5 Å². The smallest absolute Gasteiger partial charge is 0.160 e. The summed E-state index contributed by atoms with van der Waals surface area (Å²) in [6.07, 6.45) is 1.75. The molecular weight excluding hydrogens is 246 g/mol. The first-order chi connectivity index (χ1) is 8.79. The molecule has 5 heteroatoms. The lowest BCUT2D eigenvalue weighted by Crippen LogP contribution is -2.04. The van der Waals surface area contributed by atoms with Gasteiger partial charge in [0.25, 0.3) is 0 Å². The lowest BCUT2D eigenvalue weighted by atomic mass is 10.4. The molecule has 0 spiro atoms. The number of hydrogen-bond donors (Lipinski definition) is 1. The van der Waals surface area contributed by atoms with Crippen LogP contribution in [-0.4, -0.2) is 26.2 Å². The second-order valence-electron chi connectivity index (χ2n) is 4.07. The molecule has 3 aromatic heterocycles. The number of pyridine rings is 1. The van der Waals surface area contributed by atoms with E-state index in [1.54, 1.807) is 17.5 Å². The maximum absolute atomic E-state index is 9.20. The zero-order valence-electron chi connectivity index (χ0n) is 10.00. The maximum atomic E-state index is 9.20. The summed E-state index contributed by atoms with van der Waals surface area (Å²) in [6.45, 7) is 2.67. The Bertz CT molecular complexity index is 686. The largest absolute Gasteiger partial charge is 0.395 e. The van der Waals surface area contributed by atoms with Crippen molar-refractivity contribution in [2.24, 2.45) is 0 Å². The summed E-state index contributed by atoms with van der Waals surface area (Å²) >= 11 is 1.70. The molecular formula is C13H13N3OS. The lowest BCUT2D eigenvalue weighted by Gasteiger charge is -2.04. The van der Waals surface area contributed by atoms with Gasteiger partial charge in [0.15, 0.2) is 11.5 Å². The highest BCUT2D eigenvalue weighted by molar-refractivity contribution is 7.15. The number of nitrogens with zero attached hydrogens (tertiary/aromatic N) is 3. The van der Waals surface area contributed by atoms with Gasteiger partial charge < -0.3 is 9.67 Å². The van der Waals surface area contributed by atoms with Gasteiger partial charge in [-0.05, 0) is 31.2 Å². The summed E-state index contributed by atoms with van der Waals surface area (Å²) in [7, 11) is 0. The monoisotopic (exact) mass is 259 g/mol. The number of thiophene rings is 1. The van der Waals surface area contributed by atoms with Crippen LogP contribution in [0.1, 0.15) is 4.88 Å². The van der Waals surface area contributed by atoms with E-state index < -0.39 is 0 Å². The molecule has 0 unspecified atom stereocenters. The Morgan fingerprint density at radius 3 is 2.94 bits per heavy atom. The standard InChI is InChI=1S/C13H13N3OS/c1-9-4-5-11(18-9)13-15-10-3-2-6-14-12(10)16(13)7-8-17/h2-6,17H,7-8H2,1H3. The number of imidazole rings is 1. The first kappa shape index (κ1) is 11.4. The molecule has 3 heterocycles. The summed E-state index contributed by atoms with van der Waals surface area (Å²) in [6, 6.07) is 7.97. The van der Waals surface area contributed by atoms with Crippen LogP contribution in [-0.2, 0) is 6.54 Å². The van der Waals surface area contributed by atoms with E-state index >= 15 is 0 Å². The van der Waals surface area contributed by atoms with E-state index in [2.05, 4.69) is 29.0 Å². The molecule has 1 N–H and O–H groups in total. The van der Waals surface area contributed by atoms with Crippen LogP contribution in [0.5, 0.6) is 0 Å². The normalized spacial score (nSPS) is 11.2. The minimum absolute atomic E-state index is 0.0827. The van der Waals surface area contributed by atoms with E-state index in [-0.39, 0.29) is 6.61 Å². The summed E-state index contributed by atoms with van der Waals surface area (Å²) in [5, 5.41) is 9.20. The van der Waals surface area contributed by atoms with Crippen LogP contribution in [0.15, 0.2) is 30.5 Å². The number of hydrogen-bond acceptors (Lipinski definition) is 4. The van der Waals surface area contributed by atoms with Crippen molar-refractivity contribution < 1.29 is 5.11 Å². The fourth-order valence-corrected chi connectivity index (χ4v) is 2.88. The Kier molecular flexibility index (Phi) is 2.85. The SMILES string of the molecule is Cc1ccc(-c2nc3cccnc3n2CCO)s1. The molecule has 0 fully saturated rings. The molecule has 0 amide bonds. The molecule has 3 aromatic rings. The average molecular weight is 259 g/mol. The first-order valence-corrected chi connectivity index (χ1v) is 6.60. The van der Waals surface area contributed by atoms with E-state index in [1.165, 1.54) is 4.88 Å². The highest BCUT2D eigenvalue weighted by Crippen LogP contribution is 2.29. The summed E-state index contributed by atoms with van der Waals surface area (Å²) < 4.78 is 1.97. The van der Waals surface area contributed by atoms with E-state index in [0.29, 0.717) is 6.54 Å². The fourth-order valence-electron chi connectivity index (χ4n) is 2.01. The lowest BCUT2D eigenvalue weighted by molar-refractivity contribution is 0.278. The predicted octanol–water partition coefficient (Wildman–Crippen LogP) is 2.46. The third-order valence-electron chi connectivity index (χ3n) is 2.79. The third-order valence-corrected chi connectivity index (χ3v) is 3.78. The van der Waals surface area contributed by atoms with Crippen molar-refractivity contribution in [1.82, 2.24) is 14.5 Å². The molecule has 0 saturated carbocycles. The van der Waals surface area contributed by atoms with Gasteiger partial charge in [-0.2, -0.15) is 0 Å². The van der Waals surface area contributed by atoms with Crippen LogP contribution in [0.3, 0.4) is 0 Å². The molecule has 0 radical (unpaired) electrons. The molecule has 4 nitrogen and oxygen atoms in total. The number of rotatable bonds is 3.